The molecule has 0 aromatic heterocycles. The van der Waals surface area contributed by atoms with Crippen LogP contribution in [0.4, 0.5) is 0 Å². The minimum Gasteiger partial charge on any atom is -0.0868 e. The van der Waals surface area contributed by atoms with Gasteiger partial charge in [-0.1, -0.05) is 120 Å². The minimum absolute atomic E-state index is 0.146. The van der Waals surface area contributed by atoms with Crippen LogP contribution in [0.2, 0.25) is 10.0 Å². The Kier molecular flexibility index (Phi) is 7.35. The van der Waals surface area contributed by atoms with E-state index in [1.54, 1.807) is 0 Å². The van der Waals surface area contributed by atoms with E-state index >= 15 is 0 Å². The van der Waals surface area contributed by atoms with Crippen molar-refractivity contribution < 1.29 is 0 Å². The maximum absolute atomic E-state index is 6.53. The van der Waals surface area contributed by atoms with E-state index in [0.29, 0.717) is 30.2 Å². The first kappa shape index (κ1) is 22.8. The lowest BCUT2D eigenvalue weighted by atomic mass is 9.92. The summed E-state index contributed by atoms with van der Waals surface area (Å²) in [7, 11) is 0. The molecule has 0 radical (unpaired) electrons. The van der Waals surface area contributed by atoms with Gasteiger partial charge in [0.25, 0.3) is 0 Å². The van der Waals surface area contributed by atoms with Crippen molar-refractivity contribution in [2.45, 2.75) is 50.4 Å². The molecular weight excluding hydrogens is 501 g/mol. The van der Waals surface area contributed by atoms with E-state index < -0.39 is 0 Å². The van der Waals surface area contributed by atoms with E-state index in [1.807, 2.05) is 24.3 Å². The van der Waals surface area contributed by atoms with Gasteiger partial charge in [0, 0.05) is 43.1 Å². The molecule has 2 aromatic carbocycles. The average Bonchev–Trinajstić information content (AvgIpc) is 3.12. The van der Waals surface area contributed by atoms with Crippen molar-refractivity contribution in [3.63, 3.8) is 0 Å². The Morgan fingerprint density at radius 1 is 0.533 bits per heavy atom. The van der Waals surface area contributed by atoms with Gasteiger partial charge in [-0.15, -0.1) is 0 Å². The van der Waals surface area contributed by atoms with E-state index in [2.05, 4.69) is 12.1 Å². The molecule has 0 N–H and O–H groups in total. The fourth-order valence-corrected chi connectivity index (χ4v) is 6.54. The molecule has 4 rings (SSSR count). The molecule has 2 aromatic rings. The minimum atomic E-state index is 0.146. The molecule has 2 aliphatic rings. The summed E-state index contributed by atoms with van der Waals surface area (Å²) in [5, 5.41) is 3.95. The molecule has 158 valence electrons. The largest absolute Gasteiger partial charge is 0.0868 e. The molecule has 2 aliphatic carbocycles. The summed E-state index contributed by atoms with van der Waals surface area (Å²) in [6, 6.07) is 11.8. The van der Waals surface area contributed by atoms with Crippen LogP contribution in [0, 0.1) is 0 Å². The first-order chi connectivity index (χ1) is 14.4. The fraction of sp³-hybridized carbons (Fsp3) is 0.333. The standard InChI is InChI=1S/C24H20Cl6/c25-17-11-5-9-13-15(21(27)23(29)19(13)17)7-3-1-2-4-8-16-14-10-6-12-18(26)20(14)24(30)22(16)28/h5-6,9-12,15-16H,1-4,7-8H2. The molecule has 0 aliphatic heterocycles. The number of hydrogen-bond acceptors (Lipinski definition) is 0. The molecular formula is C24H20Cl6. The monoisotopic (exact) mass is 518 g/mol. The second-order valence-electron chi connectivity index (χ2n) is 7.83. The Labute approximate surface area is 207 Å². The highest BCUT2D eigenvalue weighted by atomic mass is 35.5. The summed E-state index contributed by atoms with van der Waals surface area (Å²) in [5.41, 5.74) is 4.08. The summed E-state index contributed by atoms with van der Waals surface area (Å²) in [6.45, 7) is 0. The smallest absolute Gasteiger partial charge is 0.0647 e. The second kappa shape index (κ2) is 9.65. The maximum atomic E-state index is 6.53. The molecule has 2 unspecified atom stereocenters. The molecule has 0 spiro atoms. The lowest BCUT2D eigenvalue weighted by Crippen LogP contribution is -1.98. The fourth-order valence-electron chi connectivity index (χ4n) is 4.56. The van der Waals surface area contributed by atoms with E-state index in [-0.39, 0.29) is 11.8 Å². The van der Waals surface area contributed by atoms with Gasteiger partial charge in [-0.05, 0) is 36.1 Å². The summed E-state index contributed by atoms with van der Waals surface area (Å²) in [5.74, 6) is 0.292. The highest BCUT2D eigenvalue weighted by molar-refractivity contribution is 6.57. The van der Waals surface area contributed by atoms with Crippen LogP contribution < -0.4 is 0 Å². The number of fused-ring (bicyclic) bond motifs is 2. The summed E-state index contributed by atoms with van der Waals surface area (Å²) >= 11 is 38.6. The van der Waals surface area contributed by atoms with Crippen molar-refractivity contribution in [1.29, 1.82) is 0 Å². The van der Waals surface area contributed by atoms with Crippen LogP contribution in [0.1, 0.15) is 72.6 Å². The zero-order valence-corrected chi connectivity index (χ0v) is 20.7. The predicted octanol–water partition coefficient (Wildman–Crippen LogP) is 10.5. The Hall–Kier alpha value is -0.340. The molecule has 2 atom stereocenters. The second-order valence-corrected chi connectivity index (χ2v) is 10.2. The van der Waals surface area contributed by atoms with E-state index in [4.69, 9.17) is 69.6 Å². The summed E-state index contributed by atoms with van der Waals surface area (Å²) < 4.78 is 0. The van der Waals surface area contributed by atoms with Gasteiger partial charge in [0.05, 0.1) is 10.1 Å². The third kappa shape index (κ3) is 4.17. The number of allylic oxidation sites excluding steroid dienone is 2. The van der Waals surface area contributed by atoms with Crippen molar-refractivity contribution in [3.8, 4) is 0 Å². The Bertz CT molecular complexity index is 952. The van der Waals surface area contributed by atoms with Crippen LogP contribution in [-0.2, 0) is 0 Å². The third-order valence-electron chi connectivity index (χ3n) is 6.05. The first-order valence-corrected chi connectivity index (χ1v) is 12.4. The van der Waals surface area contributed by atoms with E-state index in [0.717, 1.165) is 60.8 Å². The molecule has 0 saturated heterocycles. The number of unbranched alkanes of at least 4 members (excludes halogenated alkanes) is 3. The van der Waals surface area contributed by atoms with Gasteiger partial charge in [0.1, 0.15) is 0 Å². The Balaban J connectivity index is 1.29. The van der Waals surface area contributed by atoms with Crippen molar-refractivity contribution in [2.75, 3.05) is 0 Å². The Morgan fingerprint density at radius 3 is 1.33 bits per heavy atom. The zero-order valence-electron chi connectivity index (χ0n) is 16.1. The quantitative estimate of drug-likeness (QED) is 0.318. The molecule has 0 amide bonds. The first-order valence-electron chi connectivity index (χ1n) is 10.1. The summed E-state index contributed by atoms with van der Waals surface area (Å²) in [6.07, 6.45) is 6.34. The van der Waals surface area contributed by atoms with E-state index in [1.165, 1.54) is 0 Å². The average molecular weight is 521 g/mol. The van der Waals surface area contributed by atoms with Crippen LogP contribution in [0.3, 0.4) is 0 Å². The molecule has 0 bridgehead atoms. The number of rotatable bonds is 7. The number of hydrogen-bond donors (Lipinski definition) is 0. The van der Waals surface area contributed by atoms with Gasteiger partial charge in [-0.25, -0.2) is 0 Å². The van der Waals surface area contributed by atoms with Crippen molar-refractivity contribution >= 4 is 79.7 Å². The van der Waals surface area contributed by atoms with Gasteiger partial charge < -0.3 is 0 Å². The van der Waals surface area contributed by atoms with Gasteiger partial charge in [-0.3, -0.25) is 0 Å². The van der Waals surface area contributed by atoms with Crippen molar-refractivity contribution in [1.82, 2.24) is 0 Å². The lowest BCUT2D eigenvalue weighted by molar-refractivity contribution is 0.562. The predicted molar refractivity (Wildman–Crippen MR) is 133 cm³/mol. The molecule has 6 heteroatoms. The van der Waals surface area contributed by atoms with Crippen LogP contribution in [0.25, 0.3) is 10.1 Å². The van der Waals surface area contributed by atoms with Gasteiger partial charge >= 0.3 is 0 Å². The highest BCUT2D eigenvalue weighted by Gasteiger charge is 2.32. The molecule has 0 heterocycles. The van der Waals surface area contributed by atoms with Crippen LogP contribution in [-0.4, -0.2) is 0 Å². The topological polar surface area (TPSA) is 0 Å². The van der Waals surface area contributed by atoms with Crippen LogP contribution >= 0.6 is 69.6 Å². The molecule has 0 fully saturated rings. The van der Waals surface area contributed by atoms with Crippen molar-refractivity contribution in [2.24, 2.45) is 0 Å². The van der Waals surface area contributed by atoms with Crippen molar-refractivity contribution in [3.05, 3.63) is 78.8 Å². The van der Waals surface area contributed by atoms with Gasteiger partial charge in [-0.2, -0.15) is 0 Å². The number of benzene rings is 2. The summed E-state index contributed by atoms with van der Waals surface area (Å²) in [4.78, 5) is 0. The normalized spacial score (nSPS) is 20.2. The van der Waals surface area contributed by atoms with Gasteiger partial charge in [0.15, 0.2) is 0 Å². The van der Waals surface area contributed by atoms with Crippen LogP contribution in [0.15, 0.2) is 46.5 Å². The SMILES string of the molecule is ClC1=C(Cl)C(CCCCCCC2C(Cl)=C(Cl)c3c(Cl)cccc32)c2cccc(Cl)c21. The zero-order chi connectivity index (χ0) is 21.4. The van der Waals surface area contributed by atoms with E-state index in [9.17, 15) is 0 Å². The Morgan fingerprint density at radius 2 is 0.933 bits per heavy atom. The molecule has 0 nitrogen and oxygen atoms in total. The highest BCUT2D eigenvalue weighted by Crippen LogP contribution is 2.51. The maximum Gasteiger partial charge on any atom is 0.0647 e. The molecule has 0 saturated carbocycles. The van der Waals surface area contributed by atoms with Gasteiger partial charge in [0.2, 0.25) is 0 Å². The number of halogens is 6. The molecule has 30 heavy (non-hydrogen) atoms. The lowest BCUT2D eigenvalue weighted by Gasteiger charge is -2.14. The van der Waals surface area contributed by atoms with Crippen LogP contribution in [0.5, 0.6) is 0 Å². The third-order valence-corrected chi connectivity index (χ3v) is 8.56.